The van der Waals surface area contributed by atoms with Gasteiger partial charge >= 0.3 is 13.8 Å². The lowest BCUT2D eigenvalue weighted by molar-refractivity contribution is -0.220. The molecule has 370 valence electrons. The Kier molecular flexibility index (Phi) is 38.3. The number of esters is 1. The van der Waals surface area contributed by atoms with E-state index in [0.29, 0.717) is 19.4 Å². The highest BCUT2D eigenvalue weighted by Crippen LogP contribution is 2.47. The summed E-state index contributed by atoms with van der Waals surface area (Å²) >= 11 is 0. The molecule has 6 N–H and O–H groups in total. The average Bonchev–Trinajstić information content (AvgIpc) is 3.28. The molecule has 1 fully saturated rings. The van der Waals surface area contributed by atoms with Crippen LogP contribution in [0.2, 0.25) is 0 Å². The molecule has 0 amide bonds. The van der Waals surface area contributed by atoms with Crippen LogP contribution in [0.5, 0.6) is 0 Å². The molecule has 0 aromatic carbocycles. The van der Waals surface area contributed by atoms with E-state index >= 15 is 0 Å². The Balaban J connectivity index is 2.36. The maximum Gasteiger partial charge on any atom is 0.472 e. The first-order valence-electron chi connectivity index (χ1n) is 24.8. The third-order valence-electron chi connectivity index (χ3n) is 11.1. The van der Waals surface area contributed by atoms with E-state index in [-0.39, 0.29) is 13.0 Å². The lowest BCUT2D eigenvalue weighted by Gasteiger charge is -2.41. The van der Waals surface area contributed by atoms with Gasteiger partial charge in [-0.15, -0.1) is 0 Å². The van der Waals surface area contributed by atoms with Crippen molar-refractivity contribution in [1.82, 2.24) is 0 Å². The zero-order valence-electron chi connectivity index (χ0n) is 39.6. The predicted molar refractivity (Wildman–Crippen MR) is 258 cm³/mol. The Hall–Kier alpha value is -2.22. The normalized spacial score (nSPS) is 22.3. The molecule has 1 aliphatic rings. The molecule has 6 unspecified atom stereocenters. The number of allylic oxidation sites excluding steroid dienone is 12. The number of aliphatic hydroxyl groups excluding tert-OH is 5. The summed E-state index contributed by atoms with van der Waals surface area (Å²) in [5.74, 6) is -0.500. The molecule has 0 aromatic heterocycles. The summed E-state index contributed by atoms with van der Waals surface area (Å²) in [4.78, 5) is 23.2. The van der Waals surface area contributed by atoms with Gasteiger partial charge in [0.1, 0.15) is 42.7 Å². The molecule has 0 heterocycles. The van der Waals surface area contributed by atoms with E-state index in [1.807, 2.05) is 0 Å². The zero-order chi connectivity index (χ0) is 46.9. The van der Waals surface area contributed by atoms with Crippen molar-refractivity contribution in [2.24, 2.45) is 0 Å². The Morgan fingerprint density at radius 3 is 1.41 bits per heavy atom. The Bertz CT molecular complexity index is 1330. The van der Waals surface area contributed by atoms with Crippen molar-refractivity contribution in [2.75, 3.05) is 19.8 Å². The number of rotatable bonds is 41. The fourth-order valence-electron chi connectivity index (χ4n) is 7.15. The average molecular weight is 925 g/mol. The van der Waals surface area contributed by atoms with Crippen LogP contribution in [0.3, 0.4) is 0 Å². The molecular formula is C51H89O12P. The topological polar surface area (TPSA) is 192 Å². The van der Waals surface area contributed by atoms with Crippen LogP contribution < -0.4 is 0 Å². The van der Waals surface area contributed by atoms with E-state index in [1.165, 1.54) is 83.5 Å². The van der Waals surface area contributed by atoms with Gasteiger partial charge in [-0.25, -0.2) is 4.57 Å². The van der Waals surface area contributed by atoms with E-state index in [0.717, 1.165) is 64.2 Å². The molecule has 1 rings (SSSR count). The van der Waals surface area contributed by atoms with Crippen molar-refractivity contribution in [2.45, 2.75) is 224 Å². The summed E-state index contributed by atoms with van der Waals surface area (Å²) in [5.41, 5.74) is 0. The van der Waals surface area contributed by atoms with Gasteiger partial charge in [-0.05, 0) is 77.0 Å². The smallest absolute Gasteiger partial charge is 0.457 e. The van der Waals surface area contributed by atoms with Crippen LogP contribution in [0.4, 0.5) is 0 Å². The summed E-state index contributed by atoms with van der Waals surface area (Å²) in [5, 5.41) is 50.2. The van der Waals surface area contributed by atoms with Gasteiger partial charge in [0.05, 0.1) is 13.2 Å². The fraction of sp³-hybridized carbons (Fsp3) is 0.745. The number of carbonyl (C=O) groups excluding carboxylic acids is 1. The number of hydrogen-bond donors (Lipinski definition) is 6. The molecule has 1 saturated carbocycles. The lowest BCUT2D eigenvalue weighted by Crippen LogP contribution is -2.64. The third kappa shape index (κ3) is 32.5. The van der Waals surface area contributed by atoms with E-state index in [2.05, 4.69) is 86.8 Å². The standard InChI is InChI=1S/C51H89O12P/c1-3-5-7-9-11-13-15-17-19-20-21-22-23-24-25-26-27-28-30-32-34-36-38-40-45(52)62-44(42-60-41-39-37-35-33-31-29-18-16-14-12-10-8-6-4-2)43-61-64(58,59)63-51-49(56)47(54)46(53)48(55)50(51)57/h6,8,12,14-15,17-18,20-21,29,33,35,44,46-51,53-57H,3-5,7,9-11,13,16,19,22-28,30-32,34,36-43H2,1-2H3,(H,58,59)/b8-6-,14-12-,17-15-,21-20-,29-18-,35-33-. The van der Waals surface area contributed by atoms with E-state index in [4.69, 9.17) is 18.5 Å². The molecule has 12 nitrogen and oxygen atoms in total. The number of carbonyl (C=O) groups is 1. The number of phosphoric ester groups is 1. The number of ether oxygens (including phenoxy) is 2. The second kappa shape index (κ2) is 41.0. The lowest BCUT2D eigenvalue weighted by atomic mass is 9.85. The van der Waals surface area contributed by atoms with Crippen molar-refractivity contribution in [3.8, 4) is 0 Å². The van der Waals surface area contributed by atoms with E-state index in [1.54, 1.807) is 0 Å². The highest BCUT2D eigenvalue weighted by molar-refractivity contribution is 7.47. The monoisotopic (exact) mass is 925 g/mol. The van der Waals surface area contributed by atoms with Gasteiger partial charge in [0.15, 0.2) is 0 Å². The number of unbranched alkanes of at least 4 members (excludes halogenated alkanes) is 17. The maximum absolute atomic E-state index is 12.8. The Morgan fingerprint density at radius 2 is 0.922 bits per heavy atom. The highest BCUT2D eigenvalue weighted by Gasteiger charge is 2.51. The molecule has 0 aliphatic heterocycles. The second-order valence-electron chi connectivity index (χ2n) is 16.9. The Morgan fingerprint density at radius 1 is 0.516 bits per heavy atom. The van der Waals surface area contributed by atoms with Crippen molar-refractivity contribution in [3.05, 3.63) is 72.9 Å². The summed E-state index contributed by atoms with van der Waals surface area (Å²) in [6.07, 6.45) is 41.3. The van der Waals surface area contributed by atoms with E-state index < -0.39 is 63.1 Å². The largest absolute Gasteiger partial charge is 0.472 e. The summed E-state index contributed by atoms with van der Waals surface area (Å²) in [6.45, 7) is 3.99. The molecule has 0 saturated heterocycles. The van der Waals surface area contributed by atoms with Gasteiger partial charge in [-0.2, -0.15) is 0 Å². The molecular weight excluding hydrogens is 836 g/mol. The van der Waals surface area contributed by atoms with Crippen LogP contribution in [0.25, 0.3) is 0 Å². The van der Waals surface area contributed by atoms with Crippen LogP contribution in [-0.2, 0) is 27.9 Å². The van der Waals surface area contributed by atoms with Gasteiger partial charge < -0.3 is 39.9 Å². The molecule has 0 bridgehead atoms. The van der Waals surface area contributed by atoms with Crippen molar-refractivity contribution in [1.29, 1.82) is 0 Å². The number of aliphatic hydroxyl groups is 5. The SMILES string of the molecule is CC/C=C\C/C=C\C/C=C\C/C=C\CCCOCC(COP(=O)(O)OC1C(O)C(O)C(O)C(O)C1O)OC(=O)CCCCCCCCCCCCC/C=C\C/C=C\CCCCCCC. The molecule has 6 atom stereocenters. The van der Waals surface area contributed by atoms with Crippen molar-refractivity contribution in [3.63, 3.8) is 0 Å². The van der Waals surface area contributed by atoms with Gasteiger partial charge in [0, 0.05) is 13.0 Å². The maximum atomic E-state index is 12.8. The summed E-state index contributed by atoms with van der Waals surface area (Å²) < 4.78 is 34.1. The van der Waals surface area contributed by atoms with Crippen LogP contribution in [0.1, 0.15) is 181 Å². The van der Waals surface area contributed by atoms with Crippen molar-refractivity contribution < 1.29 is 58.3 Å². The second-order valence-corrected chi connectivity index (χ2v) is 18.3. The van der Waals surface area contributed by atoms with Crippen molar-refractivity contribution >= 4 is 13.8 Å². The minimum Gasteiger partial charge on any atom is -0.457 e. The van der Waals surface area contributed by atoms with E-state index in [9.17, 15) is 39.8 Å². The zero-order valence-corrected chi connectivity index (χ0v) is 40.5. The first-order chi connectivity index (χ1) is 31.0. The van der Waals surface area contributed by atoms with Crippen LogP contribution in [0.15, 0.2) is 72.9 Å². The molecule has 64 heavy (non-hydrogen) atoms. The molecule has 1 aliphatic carbocycles. The molecule has 13 heteroatoms. The third-order valence-corrected chi connectivity index (χ3v) is 12.0. The summed E-state index contributed by atoms with van der Waals surface area (Å²) in [6, 6.07) is 0. The van der Waals surface area contributed by atoms with Crippen LogP contribution in [-0.4, -0.2) is 98.9 Å². The summed E-state index contributed by atoms with van der Waals surface area (Å²) in [7, 11) is -5.04. The molecule has 0 radical (unpaired) electrons. The minimum absolute atomic E-state index is 0.119. The fourth-order valence-corrected chi connectivity index (χ4v) is 8.13. The van der Waals surface area contributed by atoms with Gasteiger partial charge in [-0.1, -0.05) is 170 Å². The van der Waals surface area contributed by atoms with Crippen LogP contribution >= 0.6 is 7.82 Å². The van der Waals surface area contributed by atoms with Gasteiger partial charge in [-0.3, -0.25) is 13.8 Å². The number of phosphoric acid groups is 1. The minimum atomic E-state index is -5.04. The van der Waals surface area contributed by atoms with Gasteiger partial charge in [0.25, 0.3) is 0 Å². The quantitative estimate of drug-likeness (QED) is 0.0147. The molecule has 0 aromatic rings. The first kappa shape index (κ1) is 59.8. The first-order valence-corrected chi connectivity index (χ1v) is 26.3. The number of hydrogen-bond acceptors (Lipinski definition) is 11. The highest BCUT2D eigenvalue weighted by atomic mass is 31.2. The van der Waals surface area contributed by atoms with Crippen LogP contribution in [0, 0.1) is 0 Å². The molecule has 0 spiro atoms. The Labute approximate surface area is 387 Å². The predicted octanol–water partition coefficient (Wildman–Crippen LogP) is 10.8. The van der Waals surface area contributed by atoms with Gasteiger partial charge in [0.2, 0.25) is 0 Å².